The first kappa shape index (κ1) is 18.3. The molecule has 2 aromatic heterocycles. The molecule has 24 heavy (non-hydrogen) atoms. The van der Waals surface area contributed by atoms with Crippen molar-refractivity contribution in [2.75, 3.05) is 18.0 Å². The van der Waals surface area contributed by atoms with Gasteiger partial charge in [-0.15, -0.1) is 0 Å². The third-order valence-electron chi connectivity index (χ3n) is 4.46. The van der Waals surface area contributed by atoms with Gasteiger partial charge in [0.15, 0.2) is 11.2 Å². The Balaban J connectivity index is 2.42. The summed E-state index contributed by atoms with van der Waals surface area (Å²) in [5.74, 6) is 0.768. The van der Waals surface area contributed by atoms with Gasteiger partial charge in [-0.05, 0) is 12.8 Å². The number of H-pyrrole nitrogens is 1. The summed E-state index contributed by atoms with van der Waals surface area (Å²) in [6.07, 6.45) is 6.88. The number of hydrogen-bond acceptors (Lipinski definition) is 4. The maximum atomic E-state index is 12.2. The number of aryl methyl sites for hydroxylation is 2. The van der Waals surface area contributed by atoms with Gasteiger partial charge in [0, 0.05) is 27.2 Å². The third kappa shape index (κ3) is 3.71. The van der Waals surface area contributed by atoms with Crippen LogP contribution in [0.15, 0.2) is 9.59 Å². The van der Waals surface area contributed by atoms with Crippen LogP contribution in [0.3, 0.4) is 0 Å². The van der Waals surface area contributed by atoms with Gasteiger partial charge in [0.2, 0.25) is 5.95 Å². The highest BCUT2D eigenvalue weighted by molar-refractivity contribution is 5.74. The first-order chi connectivity index (χ1) is 11.5. The van der Waals surface area contributed by atoms with Crippen molar-refractivity contribution in [2.24, 2.45) is 14.1 Å². The van der Waals surface area contributed by atoms with Crippen molar-refractivity contribution in [3.8, 4) is 0 Å². The van der Waals surface area contributed by atoms with E-state index in [9.17, 15) is 9.59 Å². The van der Waals surface area contributed by atoms with Gasteiger partial charge in [-0.2, -0.15) is 4.98 Å². The Morgan fingerprint density at radius 1 is 0.958 bits per heavy atom. The van der Waals surface area contributed by atoms with E-state index in [2.05, 4.69) is 28.7 Å². The molecule has 0 aliphatic heterocycles. The minimum atomic E-state index is -0.430. The molecule has 2 aromatic rings. The summed E-state index contributed by atoms with van der Waals surface area (Å²) in [6, 6.07) is 0. The quantitative estimate of drug-likeness (QED) is 0.712. The van der Waals surface area contributed by atoms with Crippen molar-refractivity contribution in [3.05, 3.63) is 20.8 Å². The van der Waals surface area contributed by atoms with E-state index in [1.54, 1.807) is 7.05 Å². The molecular weight excluding hydrogens is 306 g/mol. The largest absolute Gasteiger partial charge is 0.342 e. The molecule has 7 heteroatoms. The van der Waals surface area contributed by atoms with E-state index in [1.807, 2.05) is 11.6 Å². The predicted octanol–water partition coefficient (Wildman–Crippen LogP) is 2.15. The van der Waals surface area contributed by atoms with Crippen LogP contribution >= 0.6 is 0 Å². The topological polar surface area (TPSA) is 75.9 Å². The minimum Gasteiger partial charge on any atom is -0.342 e. The highest BCUT2D eigenvalue weighted by atomic mass is 16.2. The van der Waals surface area contributed by atoms with E-state index in [0.29, 0.717) is 11.2 Å². The highest BCUT2D eigenvalue weighted by Gasteiger charge is 2.19. The van der Waals surface area contributed by atoms with Crippen molar-refractivity contribution in [1.82, 2.24) is 19.1 Å². The Bertz CT molecular complexity index is 777. The number of unbranched alkanes of at least 4 members (excludes halogenated alkanes) is 4. The molecule has 0 amide bonds. The molecule has 134 valence electrons. The monoisotopic (exact) mass is 335 g/mol. The van der Waals surface area contributed by atoms with E-state index in [1.165, 1.54) is 30.3 Å². The van der Waals surface area contributed by atoms with E-state index in [0.717, 1.165) is 31.9 Å². The average Bonchev–Trinajstić information content (AvgIpc) is 2.90. The van der Waals surface area contributed by atoms with Crippen LogP contribution in [0, 0.1) is 0 Å². The number of imidazole rings is 1. The summed E-state index contributed by atoms with van der Waals surface area (Å²) in [7, 11) is 3.48. The molecule has 0 saturated carbocycles. The number of hydrogen-bond donors (Lipinski definition) is 1. The fraction of sp³-hybridized carbons (Fsp3) is 0.706. The SMILES string of the molecule is CCCCCN(CCCCC)c1nc2c(c(=O)[nH]c(=O)n2C)n1C. The van der Waals surface area contributed by atoms with Crippen LogP contribution in [0.5, 0.6) is 0 Å². The van der Waals surface area contributed by atoms with Gasteiger partial charge in [-0.3, -0.25) is 14.3 Å². The van der Waals surface area contributed by atoms with E-state index in [4.69, 9.17) is 0 Å². The fourth-order valence-electron chi connectivity index (χ4n) is 3.00. The Morgan fingerprint density at radius 3 is 2.08 bits per heavy atom. The number of fused-ring (bicyclic) bond motifs is 1. The standard InChI is InChI=1S/C17H29N5O2/c1-5-7-9-11-22(12-10-8-6-2)16-18-14-13(20(16)3)15(23)19-17(24)21(14)4/h5-12H2,1-4H3,(H,19,23,24). The van der Waals surface area contributed by atoms with Crippen LogP contribution in [0.25, 0.3) is 11.2 Å². The van der Waals surface area contributed by atoms with Crippen molar-refractivity contribution < 1.29 is 0 Å². The predicted molar refractivity (Wildman–Crippen MR) is 97.8 cm³/mol. The Hall–Kier alpha value is -2.05. The first-order valence-corrected chi connectivity index (χ1v) is 8.91. The first-order valence-electron chi connectivity index (χ1n) is 8.91. The molecule has 2 heterocycles. The molecule has 0 unspecified atom stereocenters. The lowest BCUT2D eigenvalue weighted by atomic mass is 10.2. The molecule has 0 saturated heterocycles. The van der Waals surface area contributed by atoms with Gasteiger partial charge in [0.1, 0.15) is 0 Å². The number of rotatable bonds is 9. The molecule has 1 N–H and O–H groups in total. The van der Waals surface area contributed by atoms with E-state index in [-0.39, 0.29) is 5.56 Å². The molecule has 0 aromatic carbocycles. The van der Waals surface area contributed by atoms with Crippen LogP contribution in [0.1, 0.15) is 52.4 Å². The minimum absolute atomic E-state index is 0.378. The van der Waals surface area contributed by atoms with Crippen molar-refractivity contribution >= 4 is 17.1 Å². The molecule has 0 atom stereocenters. The Kier molecular flexibility index (Phi) is 6.23. The fourth-order valence-corrected chi connectivity index (χ4v) is 3.00. The van der Waals surface area contributed by atoms with Crippen LogP contribution in [0.2, 0.25) is 0 Å². The second kappa shape index (κ2) is 8.17. The normalized spacial score (nSPS) is 11.3. The van der Waals surface area contributed by atoms with Crippen LogP contribution in [-0.2, 0) is 14.1 Å². The highest BCUT2D eigenvalue weighted by Crippen LogP contribution is 2.19. The maximum Gasteiger partial charge on any atom is 0.329 e. The third-order valence-corrected chi connectivity index (χ3v) is 4.46. The molecule has 7 nitrogen and oxygen atoms in total. The number of aromatic nitrogens is 4. The van der Waals surface area contributed by atoms with Gasteiger partial charge in [-0.1, -0.05) is 39.5 Å². The average molecular weight is 335 g/mol. The smallest absolute Gasteiger partial charge is 0.329 e. The molecule has 0 radical (unpaired) electrons. The molecule has 0 aliphatic carbocycles. The molecule has 0 bridgehead atoms. The van der Waals surface area contributed by atoms with E-state index >= 15 is 0 Å². The summed E-state index contributed by atoms with van der Waals surface area (Å²) in [5, 5.41) is 0. The van der Waals surface area contributed by atoms with Gasteiger partial charge in [0.25, 0.3) is 5.56 Å². The Labute approximate surface area is 142 Å². The maximum absolute atomic E-state index is 12.2. The molecule has 2 rings (SSSR count). The number of nitrogens with zero attached hydrogens (tertiary/aromatic N) is 4. The van der Waals surface area contributed by atoms with Gasteiger partial charge < -0.3 is 9.47 Å². The number of anilines is 1. The lowest BCUT2D eigenvalue weighted by molar-refractivity contribution is 0.620. The second-order valence-corrected chi connectivity index (χ2v) is 6.36. The van der Waals surface area contributed by atoms with Gasteiger partial charge >= 0.3 is 5.69 Å². The second-order valence-electron chi connectivity index (χ2n) is 6.36. The van der Waals surface area contributed by atoms with Gasteiger partial charge in [-0.25, -0.2) is 4.79 Å². The lowest BCUT2D eigenvalue weighted by Crippen LogP contribution is -2.29. The van der Waals surface area contributed by atoms with Crippen LogP contribution in [-0.4, -0.2) is 32.2 Å². The Morgan fingerprint density at radius 2 is 1.54 bits per heavy atom. The van der Waals surface area contributed by atoms with Crippen molar-refractivity contribution in [1.29, 1.82) is 0 Å². The number of nitrogens with one attached hydrogen (secondary N) is 1. The molecule has 0 spiro atoms. The van der Waals surface area contributed by atoms with Crippen LogP contribution < -0.4 is 16.1 Å². The zero-order valence-electron chi connectivity index (χ0n) is 15.3. The molecular formula is C17H29N5O2. The summed E-state index contributed by atoms with van der Waals surface area (Å²) >= 11 is 0. The summed E-state index contributed by atoms with van der Waals surface area (Å²) in [6.45, 7) is 6.21. The molecule has 0 fully saturated rings. The van der Waals surface area contributed by atoms with Crippen molar-refractivity contribution in [3.63, 3.8) is 0 Å². The summed E-state index contributed by atoms with van der Waals surface area (Å²) in [4.78, 5) is 33.2. The van der Waals surface area contributed by atoms with Crippen LogP contribution in [0.4, 0.5) is 5.95 Å². The van der Waals surface area contributed by atoms with Crippen molar-refractivity contribution in [2.45, 2.75) is 52.4 Å². The number of aromatic amines is 1. The summed E-state index contributed by atoms with van der Waals surface area (Å²) in [5.41, 5.74) is 0.0809. The molecule has 0 aliphatic rings. The van der Waals surface area contributed by atoms with E-state index < -0.39 is 5.69 Å². The zero-order valence-corrected chi connectivity index (χ0v) is 15.3. The lowest BCUT2D eigenvalue weighted by Gasteiger charge is -2.23. The zero-order chi connectivity index (χ0) is 17.7. The van der Waals surface area contributed by atoms with Gasteiger partial charge in [0.05, 0.1) is 0 Å². The summed E-state index contributed by atoms with van der Waals surface area (Å²) < 4.78 is 3.21.